The molecule has 3 heteroatoms. The number of hydrogen-bond acceptors (Lipinski definition) is 3. The highest BCUT2D eigenvalue weighted by Gasteiger charge is 2.03. The van der Waals surface area contributed by atoms with Gasteiger partial charge in [0.1, 0.15) is 11.3 Å². The quantitative estimate of drug-likeness (QED) is 0.735. The van der Waals surface area contributed by atoms with E-state index in [0.717, 1.165) is 16.5 Å². The molecule has 0 aliphatic rings. The summed E-state index contributed by atoms with van der Waals surface area (Å²) >= 11 is 0. The maximum Gasteiger partial charge on any atom is 0.141 e. The Bertz CT molecular complexity index is 820. The van der Waals surface area contributed by atoms with Gasteiger partial charge >= 0.3 is 0 Å². The Kier molecular flexibility index (Phi) is 3.79. The summed E-state index contributed by atoms with van der Waals surface area (Å²) < 4.78 is 0. The van der Waals surface area contributed by atoms with Crippen molar-refractivity contribution in [2.24, 2.45) is 0 Å². The summed E-state index contributed by atoms with van der Waals surface area (Å²) in [7, 11) is 4.06. The number of anilines is 1. The summed E-state index contributed by atoms with van der Waals surface area (Å²) in [5, 5.41) is 10.8. The van der Waals surface area contributed by atoms with E-state index >= 15 is 0 Å². The highest BCUT2D eigenvalue weighted by atomic mass is 16.3. The van der Waals surface area contributed by atoms with E-state index < -0.39 is 0 Å². The monoisotopic (exact) mass is 290 g/mol. The van der Waals surface area contributed by atoms with Gasteiger partial charge in [-0.15, -0.1) is 0 Å². The second kappa shape index (κ2) is 5.90. The molecule has 0 atom stereocenters. The number of hydrogen-bond donors (Lipinski definition) is 1. The Morgan fingerprint density at radius 3 is 2.45 bits per heavy atom. The SMILES string of the molecule is CN(C)c1ccc(C=Cc2ccc(O)c3ncccc23)cc1. The van der Waals surface area contributed by atoms with Gasteiger partial charge in [0.05, 0.1) is 0 Å². The van der Waals surface area contributed by atoms with Crippen LogP contribution in [0.4, 0.5) is 5.69 Å². The van der Waals surface area contributed by atoms with Crippen molar-refractivity contribution in [1.29, 1.82) is 0 Å². The van der Waals surface area contributed by atoms with Gasteiger partial charge in [0.25, 0.3) is 0 Å². The molecular weight excluding hydrogens is 272 g/mol. The van der Waals surface area contributed by atoms with Gasteiger partial charge in [0.2, 0.25) is 0 Å². The van der Waals surface area contributed by atoms with E-state index in [4.69, 9.17) is 0 Å². The Morgan fingerprint density at radius 1 is 0.955 bits per heavy atom. The van der Waals surface area contributed by atoms with Crippen LogP contribution in [-0.2, 0) is 0 Å². The maximum absolute atomic E-state index is 9.87. The van der Waals surface area contributed by atoms with Gasteiger partial charge in [0, 0.05) is 31.4 Å². The largest absolute Gasteiger partial charge is 0.506 e. The topological polar surface area (TPSA) is 36.4 Å². The number of nitrogens with zero attached hydrogens (tertiary/aromatic N) is 2. The van der Waals surface area contributed by atoms with Crippen LogP contribution in [0.15, 0.2) is 54.7 Å². The Morgan fingerprint density at radius 2 is 1.73 bits per heavy atom. The fourth-order valence-electron chi connectivity index (χ4n) is 2.39. The molecule has 22 heavy (non-hydrogen) atoms. The van der Waals surface area contributed by atoms with Gasteiger partial charge in [-0.05, 0) is 35.4 Å². The third-order valence-corrected chi connectivity index (χ3v) is 3.65. The van der Waals surface area contributed by atoms with E-state index in [-0.39, 0.29) is 5.75 Å². The predicted molar refractivity (Wildman–Crippen MR) is 93.1 cm³/mol. The Labute approximate surface area is 130 Å². The predicted octanol–water partition coefficient (Wildman–Crippen LogP) is 4.18. The molecule has 3 nitrogen and oxygen atoms in total. The molecule has 0 saturated carbocycles. The van der Waals surface area contributed by atoms with Crippen molar-refractivity contribution >= 4 is 28.7 Å². The molecule has 0 aliphatic carbocycles. The van der Waals surface area contributed by atoms with E-state index in [1.165, 1.54) is 5.69 Å². The van der Waals surface area contributed by atoms with Crippen LogP contribution in [0.25, 0.3) is 23.1 Å². The van der Waals surface area contributed by atoms with Gasteiger partial charge in [-0.25, -0.2) is 0 Å². The van der Waals surface area contributed by atoms with Crippen molar-refractivity contribution in [3.63, 3.8) is 0 Å². The van der Waals surface area contributed by atoms with Gasteiger partial charge in [-0.3, -0.25) is 4.98 Å². The molecule has 0 aliphatic heterocycles. The van der Waals surface area contributed by atoms with E-state index in [1.807, 2.05) is 38.4 Å². The second-order valence-corrected chi connectivity index (χ2v) is 5.39. The summed E-state index contributed by atoms with van der Waals surface area (Å²) in [5.74, 6) is 0.211. The van der Waals surface area contributed by atoms with Crippen LogP contribution in [0.3, 0.4) is 0 Å². The molecule has 1 heterocycles. The molecule has 3 aromatic rings. The Balaban J connectivity index is 1.94. The fraction of sp³-hybridized carbons (Fsp3) is 0.105. The number of aromatic nitrogens is 1. The van der Waals surface area contributed by atoms with Gasteiger partial charge in [-0.2, -0.15) is 0 Å². The summed E-state index contributed by atoms with van der Waals surface area (Å²) in [6.45, 7) is 0. The first-order valence-corrected chi connectivity index (χ1v) is 7.17. The molecule has 0 amide bonds. The molecule has 0 spiro atoms. The van der Waals surface area contributed by atoms with Crippen molar-refractivity contribution in [2.45, 2.75) is 0 Å². The number of benzene rings is 2. The molecule has 0 fully saturated rings. The van der Waals surface area contributed by atoms with Crippen LogP contribution in [0, 0.1) is 0 Å². The lowest BCUT2D eigenvalue weighted by Crippen LogP contribution is -2.07. The number of rotatable bonds is 3. The number of phenolic OH excluding ortho intramolecular Hbond substituents is 1. The summed E-state index contributed by atoms with van der Waals surface area (Å²) in [4.78, 5) is 6.31. The van der Waals surface area contributed by atoms with E-state index in [2.05, 4.69) is 40.2 Å². The minimum Gasteiger partial charge on any atom is -0.506 e. The Hall–Kier alpha value is -2.81. The highest BCUT2D eigenvalue weighted by molar-refractivity contribution is 5.93. The van der Waals surface area contributed by atoms with Crippen molar-refractivity contribution in [3.8, 4) is 5.75 Å². The van der Waals surface area contributed by atoms with Crippen molar-refractivity contribution in [3.05, 3.63) is 65.9 Å². The molecule has 0 bridgehead atoms. The van der Waals surface area contributed by atoms with Gasteiger partial charge in [-0.1, -0.05) is 36.4 Å². The molecule has 110 valence electrons. The molecule has 3 rings (SSSR count). The normalized spacial score (nSPS) is 11.2. The molecule has 0 unspecified atom stereocenters. The first-order chi connectivity index (χ1) is 10.6. The molecule has 0 saturated heterocycles. The zero-order valence-electron chi connectivity index (χ0n) is 12.7. The van der Waals surface area contributed by atoms with E-state index in [9.17, 15) is 5.11 Å². The van der Waals surface area contributed by atoms with Crippen LogP contribution in [-0.4, -0.2) is 24.2 Å². The zero-order chi connectivity index (χ0) is 15.5. The van der Waals surface area contributed by atoms with Gasteiger partial charge in [0.15, 0.2) is 0 Å². The summed E-state index contributed by atoms with van der Waals surface area (Å²) in [6.07, 6.45) is 5.81. The molecular formula is C19H18N2O. The maximum atomic E-state index is 9.87. The van der Waals surface area contributed by atoms with E-state index in [0.29, 0.717) is 5.52 Å². The first kappa shape index (κ1) is 14.1. The third-order valence-electron chi connectivity index (χ3n) is 3.65. The van der Waals surface area contributed by atoms with Crippen LogP contribution < -0.4 is 4.90 Å². The van der Waals surface area contributed by atoms with Crippen LogP contribution in [0.5, 0.6) is 5.75 Å². The highest BCUT2D eigenvalue weighted by Crippen LogP contribution is 2.26. The lowest BCUT2D eigenvalue weighted by atomic mass is 10.1. The smallest absolute Gasteiger partial charge is 0.141 e. The molecule has 0 radical (unpaired) electrons. The van der Waals surface area contributed by atoms with Crippen LogP contribution >= 0.6 is 0 Å². The number of fused-ring (bicyclic) bond motifs is 1. The minimum absolute atomic E-state index is 0.211. The summed E-state index contributed by atoms with van der Waals surface area (Å²) in [5.41, 5.74) is 3.98. The minimum atomic E-state index is 0.211. The number of aromatic hydroxyl groups is 1. The van der Waals surface area contributed by atoms with Crippen molar-refractivity contribution < 1.29 is 5.11 Å². The van der Waals surface area contributed by atoms with Crippen molar-refractivity contribution in [1.82, 2.24) is 4.98 Å². The number of pyridine rings is 1. The van der Waals surface area contributed by atoms with Crippen molar-refractivity contribution in [2.75, 3.05) is 19.0 Å². The standard InChI is InChI=1S/C19H18N2O/c1-21(2)16-10-6-14(7-11-16)5-8-15-9-12-18(22)19-17(15)4-3-13-20-19/h3-13,22H,1-2H3. The van der Waals surface area contributed by atoms with Gasteiger partial charge < -0.3 is 10.0 Å². The average Bonchev–Trinajstić information content (AvgIpc) is 2.55. The second-order valence-electron chi connectivity index (χ2n) is 5.39. The zero-order valence-corrected chi connectivity index (χ0v) is 12.7. The summed E-state index contributed by atoms with van der Waals surface area (Å²) in [6, 6.07) is 15.8. The first-order valence-electron chi connectivity index (χ1n) is 7.17. The lowest BCUT2D eigenvalue weighted by molar-refractivity contribution is 0.480. The molecule has 2 aromatic carbocycles. The van der Waals surface area contributed by atoms with E-state index in [1.54, 1.807) is 12.3 Å². The number of phenols is 1. The van der Waals surface area contributed by atoms with Crippen LogP contribution in [0.2, 0.25) is 0 Å². The molecule has 1 N–H and O–H groups in total. The third kappa shape index (κ3) is 2.79. The molecule has 1 aromatic heterocycles. The average molecular weight is 290 g/mol. The lowest BCUT2D eigenvalue weighted by Gasteiger charge is -2.11. The van der Waals surface area contributed by atoms with Crippen LogP contribution in [0.1, 0.15) is 11.1 Å². The fourth-order valence-corrected chi connectivity index (χ4v) is 2.39.